The molecule has 1 heteroatoms. The molecule has 0 aliphatic carbocycles. The highest BCUT2D eigenvalue weighted by Gasteiger charge is 2.28. The van der Waals surface area contributed by atoms with Crippen molar-refractivity contribution in [3.8, 4) is 0 Å². The summed E-state index contributed by atoms with van der Waals surface area (Å²) >= 11 is 0. The molecule has 0 saturated heterocycles. The molecule has 1 aromatic rings. The van der Waals surface area contributed by atoms with Gasteiger partial charge in [-0.15, -0.1) is 0 Å². The summed E-state index contributed by atoms with van der Waals surface area (Å²) in [5.74, 6) is 0. The number of nitrogens with one attached hydrogen (secondary N) is 1. The Labute approximate surface area is 73.8 Å². The Hall–Kier alpha value is -0.980. The lowest BCUT2D eigenvalue weighted by Crippen LogP contribution is -2.18. The highest BCUT2D eigenvalue weighted by atomic mass is 14.9. The minimum absolute atomic E-state index is 0.309. The van der Waals surface area contributed by atoms with Gasteiger partial charge in [-0.2, -0.15) is 0 Å². The van der Waals surface area contributed by atoms with E-state index in [1.165, 1.54) is 16.8 Å². The fourth-order valence-electron chi connectivity index (χ4n) is 1.81. The predicted molar refractivity (Wildman–Crippen MR) is 52.7 cm³/mol. The maximum atomic E-state index is 3.43. The van der Waals surface area contributed by atoms with E-state index < -0.39 is 0 Å². The van der Waals surface area contributed by atoms with E-state index in [2.05, 4.69) is 44.3 Å². The van der Waals surface area contributed by atoms with Crippen LogP contribution in [0.15, 0.2) is 18.2 Å². The van der Waals surface area contributed by atoms with Crippen molar-refractivity contribution in [3.05, 3.63) is 29.3 Å². The molecule has 1 N–H and O–H groups in total. The van der Waals surface area contributed by atoms with Crippen molar-refractivity contribution in [2.45, 2.75) is 26.2 Å². The van der Waals surface area contributed by atoms with Crippen LogP contribution in [0.25, 0.3) is 0 Å². The first-order valence-corrected chi connectivity index (χ1v) is 4.45. The fraction of sp³-hybridized carbons (Fsp3) is 0.455. The van der Waals surface area contributed by atoms with Crippen molar-refractivity contribution in [3.63, 3.8) is 0 Å². The maximum absolute atomic E-state index is 3.43. The van der Waals surface area contributed by atoms with E-state index >= 15 is 0 Å². The Kier molecular flexibility index (Phi) is 1.44. The van der Waals surface area contributed by atoms with Crippen LogP contribution in [0, 0.1) is 6.92 Å². The molecular formula is C11H15N. The molecule has 0 atom stereocenters. The zero-order chi connectivity index (χ0) is 8.77. The number of rotatable bonds is 0. The SMILES string of the molecule is Cc1ccc2c(c1)NCC2(C)C. The van der Waals surface area contributed by atoms with Crippen LogP contribution in [0.2, 0.25) is 0 Å². The smallest absolute Gasteiger partial charge is 0.0381 e. The van der Waals surface area contributed by atoms with E-state index in [0.717, 1.165) is 6.54 Å². The molecule has 1 heterocycles. The van der Waals surface area contributed by atoms with Crippen molar-refractivity contribution >= 4 is 5.69 Å². The van der Waals surface area contributed by atoms with Crippen LogP contribution in [0.3, 0.4) is 0 Å². The van der Waals surface area contributed by atoms with Gasteiger partial charge in [0.15, 0.2) is 0 Å². The van der Waals surface area contributed by atoms with Crippen LogP contribution in [-0.2, 0) is 5.41 Å². The van der Waals surface area contributed by atoms with Crippen molar-refractivity contribution in [2.75, 3.05) is 11.9 Å². The van der Waals surface area contributed by atoms with E-state index in [1.807, 2.05) is 0 Å². The Morgan fingerprint density at radius 1 is 1.33 bits per heavy atom. The zero-order valence-electron chi connectivity index (χ0n) is 7.94. The third-order valence-electron chi connectivity index (χ3n) is 2.62. The van der Waals surface area contributed by atoms with Crippen molar-refractivity contribution in [1.82, 2.24) is 0 Å². The van der Waals surface area contributed by atoms with E-state index in [1.54, 1.807) is 0 Å². The topological polar surface area (TPSA) is 12.0 Å². The first kappa shape index (κ1) is 7.66. The van der Waals surface area contributed by atoms with Crippen LogP contribution >= 0.6 is 0 Å². The van der Waals surface area contributed by atoms with Gasteiger partial charge in [-0.3, -0.25) is 0 Å². The Morgan fingerprint density at radius 3 is 2.83 bits per heavy atom. The molecule has 1 nitrogen and oxygen atoms in total. The second-order valence-electron chi connectivity index (χ2n) is 4.29. The molecule has 12 heavy (non-hydrogen) atoms. The van der Waals surface area contributed by atoms with Gasteiger partial charge in [0.1, 0.15) is 0 Å². The Morgan fingerprint density at radius 2 is 2.08 bits per heavy atom. The molecule has 0 aromatic heterocycles. The highest BCUT2D eigenvalue weighted by Crippen LogP contribution is 2.36. The summed E-state index contributed by atoms with van der Waals surface area (Å²) in [6, 6.07) is 6.66. The van der Waals surface area contributed by atoms with Gasteiger partial charge in [-0.05, 0) is 24.1 Å². The van der Waals surface area contributed by atoms with Gasteiger partial charge in [-0.25, -0.2) is 0 Å². The second-order valence-corrected chi connectivity index (χ2v) is 4.29. The van der Waals surface area contributed by atoms with Crippen LogP contribution in [0.4, 0.5) is 5.69 Å². The summed E-state index contributed by atoms with van der Waals surface area (Å²) in [4.78, 5) is 0. The number of benzene rings is 1. The molecule has 0 bridgehead atoms. The molecule has 0 spiro atoms. The van der Waals surface area contributed by atoms with Gasteiger partial charge < -0.3 is 5.32 Å². The van der Waals surface area contributed by atoms with Gasteiger partial charge in [0.05, 0.1) is 0 Å². The fourth-order valence-corrected chi connectivity index (χ4v) is 1.81. The summed E-state index contributed by atoms with van der Waals surface area (Å²) in [6.07, 6.45) is 0. The molecule has 1 aliphatic heterocycles. The summed E-state index contributed by atoms with van der Waals surface area (Å²) in [6.45, 7) is 7.75. The van der Waals surface area contributed by atoms with Crippen molar-refractivity contribution in [2.24, 2.45) is 0 Å². The Balaban J connectivity index is 2.55. The molecule has 2 rings (SSSR count). The molecule has 1 aliphatic rings. The molecule has 0 fully saturated rings. The van der Waals surface area contributed by atoms with E-state index in [-0.39, 0.29) is 0 Å². The maximum Gasteiger partial charge on any atom is 0.0381 e. The average Bonchev–Trinajstić information content (AvgIpc) is 2.27. The van der Waals surface area contributed by atoms with Gasteiger partial charge >= 0.3 is 0 Å². The third-order valence-corrected chi connectivity index (χ3v) is 2.62. The number of hydrogen-bond donors (Lipinski definition) is 1. The molecule has 1 aromatic carbocycles. The normalized spacial score (nSPS) is 18.6. The number of anilines is 1. The van der Waals surface area contributed by atoms with E-state index in [4.69, 9.17) is 0 Å². The summed E-state index contributed by atoms with van der Waals surface area (Å²) in [5, 5.41) is 3.43. The summed E-state index contributed by atoms with van der Waals surface area (Å²) in [5.41, 5.74) is 4.41. The highest BCUT2D eigenvalue weighted by molar-refractivity contribution is 5.60. The van der Waals surface area contributed by atoms with Crippen molar-refractivity contribution < 1.29 is 0 Å². The molecule has 0 saturated carbocycles. The summed E-state index contributed by atoms with van der Waals surface area (Å²) in [7, 11) is 0. The molecule has 0 unspecified atom stereocenters. The summed E-state index contributed by atoms with van der Waals surface area (Å²) < 4.78 is 0. The quantitative estimate of drug-likeness (QED) is 0.617. The van der Waals surface area contributed by atoms with E-state index in [0.29, 0.717) is 5.41 Å². The molecule has 64 valence electrons. The van der Waals surface area contributed by atoms with Crippen molar-refractivity contribution in [1.29, 1.82) is 0 Å². The zero-order valence-corrected chi connectivity index (χ0v) is 7.94. The van der Waals surface area contributed by atoms with Crippen LogP contribution < -0.4 is 5.32 Å². The van der Waals surface area contributed by atoms with Crippen LogP contribution in [-0.4, -0.2) is 6.54 Å². The number of fused-ring (bicyclic) bond motifs is 1. The molecule has 0 radical (unpaired) electrons. The third kappa shape index (κ3) is 1.01. The van der Waals surface area contributed by atoms with Gasteiger partial charge in [-0.1, -0.05) is 26.0 Å². The Bertz CT molecular complexity index is 313. The minimum Gasteiger partial charge on any atom is -0.384 e. The lowest BCUT2D eigenvalue weighted by molar-refractivity contribution is 0.586. The number of hydrogen-bond acceptors (Lipinski definition) is 1. The van der Waals surface area contributed by atoms with E-state index in [9.17, 15) is 0 Å². The van der Waals surface area contributed by atoms with Crippen LogP contribution in [0.1, 0.15) is 25.0 Å². The van der Waals surface area contributed by atoms with Crippen LogP contribution in [0.5, 0.6) is 0 Å². The minimum atomic E-state index is 0.309. The standard InChI is InChI=1S/C11H15N/c1-8-4-5-9-10(6-8)12-7-11(9,2)3/h4-6,12H,7H2,1-3H3. The van der Waals surface area contributed by atoms with Gasteiger partial charge in [0.25, 0.3) is 0 Å². The first-order chi connectivity index (χ1) is 5.59. The molecule has 0 amide bonds. The lowest BCUT2D eigenvalue weighted by atomic mass is 9.87. The average molecular weight is 161 g/mol. The van der Waals surface area contributed by atoms with Gasteiger partial charge in [0.2, 0.25) is 0 Å². The molecular weight excluding hydrogens is 146 g/mol. The monoisotopic (exact) mass is 161 g/mol. The first-order valence-electron chi connectivity index (χ1n) is 4.45. The number of aryl methyl sites for hydroxylation is 1. The van der Waals surface area contributed by atoms with Gasteiger partial charge in [0, 0.05) is 17.6 Å². The predicted octanol–water partition coefficient (Wildman–Crippen LogP) is 2.70. The second kappa shape index (κ2) is 2.25. The largest absolute Gasteiger partial charge is 0.384 e. The lowest BCUT2D eigenvalue weighted by Gasteiger charge is -2.16.